The fourth-order valence-electron chi connectivity index (χ4n) is 4.08. The second kappa shape index (κ2) is 5.34. The standard InChI is InChI=1S/C16H27NO/c1-2-18-15-11-14(16(15)9-6-10-16)17-12-13-7-4-3-5-8-13/h3-4,13-15,17H,2,5-12H2,1H3. The highest BCUT2D eigenvalue weighted by molar-refractivity contribution is 5.12. The fourth-order valence-corrected chi connectivity index (χ4v) is 4.08. The van der Waals surface area contributed by atoms with Crippen molar-refractivity contribution in [1.82, 2.24) is 5.32 Å². The maximum atomic E-state index is 5.91. The first-order valence-electron chi connectivity index (χ1n) is 7.85. The van der Waals surface area contributed by atoms with Gasteiger partial charge in [-0.3, -0.25) is 0 Å². The molecule has 2 nitrogen and oxygen atoms in total. The first kappa shape index (κ1) is 12.7. The van der Waals surface area contributed by atoms with Crippen molar-refractivity contribution in [2.45, 2.75) is 64.0 Å². The molecule has 0 amide bonds. The molecule has 0 heterocycles. The Kier molecular flexibility index (Phi) is 3.76. The number of ether oxygens (including phenoxy) is 1. The summed E-state index contributed by atoms with van der Waals surface area (Å²) in [6, 6.07) is 0.744. The summed E-state index contributed by atoms with van der Waals surface area (Å²) in [7, 11) is 0. The third kappa shape index (κ3) is 2.14. The Bertz CT molecular complexity index is 308. The summed E-state index contributed by atoms with van der Waals surface area (Å²) in [4.78, 5) is 0. The summed E-state index contributed by atoms with van der Waals surface area (Å²) in [6.07, 6.45) is 14.6. The van der Waals surface area contributed by atoms with Gasteiger partial charge in [0, 0.05) is 18.1 Å². The van der Waals surface area contributed by atoms with E-state index in [1.807, 2.05) is 0 Å². The van der Waals surface area contributed by atoms with E-state index in [2.05, 4.69) is 24.4 Å². The zero-order chi connectivity index (χ0) is 12.4. The quantitative estimate of drug-likeness (QED) is 0.755. The van der Waals surface area contributed by atoms with Crippen molar-refractivity contribution in [1.29, 1.82) is 0 Å². The van der Waals surface area contributed by atoms with E-state index in [1.165, 1.54) is 51.5 Å². The molecule has 102 valence electrons. The van der Waals surface area contributed by atoms with Crippen molar-refractivity contribution in [3.8, 4) is 0 Å². The Labute approximate surface area is 111 Å². The zero-order valence-corrected chi connectivity index (χ0v) is 11.7. The van der Waals surface area contributed by atoms with E-state index >= 15 is 0 Å². The van der Waals surface area contributed by atoms with Crippen LogP contribution in [-0.2, 0) is 4.74 Å². The lowest BCUT2D eigenvalue weighted by molar-refractivity contribution is -0.173. The first-order valence-corrected chi connectivity index (χ1v) is 7.85. The fraction of sp³-hybridized carbons (Fsp3) is 0.875. The number of hydrogen-bond donors (Lipinski definition) is 1. The van der Waals surface area contributed by atoms with E-state index in [0.29, 0.717) is 11.5 Å². The third-order valence-electron chi connectivity index (χ3n) is 5.47. The molecule has 2 saturated carbocycles. The second-order valence-corrected chi connectivity index (χ2v) is 6.38. The van der Waals surface area contributed by atoms with Crippen molar-refractivity contribution < 1.29 is 4.74 Å². The second-order valence-electron chi connectivity index (χ2n) is 6.38. The van der Waals surface area contributed by atoms with Gasteiger partial charge in [0.2, 0.25) is 0 Å². The summed E-state index contributed by atoms with van der Waals surface area (Å²) >= 11 is 0. The Morgan fingerprint density at radius 1 is 1.33 bits per heavy atom. The Balaban J connectivity index is 1.47. The van der Waals surface area contributed by atoms with E-state index in [-0.39, 0.29) is 0 Å². The monoisotopic (exact) mass is 249 g/mol. The molecule has 0 saturated heterocycles. The predicted molar refractivity (Wildman–Crippen MR) is 74.6 cm³/mol. The lowest BCUT2D eigenvalue weighted by Gasteiger charge is -2.61. The van der Waals surface area contributed by atoms with Crippen LogP contribution in [0.2, 0.25) is 0 Å². The molecule has 2 fully saturated rings. The van der Waals surface area contributed by atoms with E-state index in [0.717, 1.165) is 18.6 Å². The van der Waals surface area contributed by atoms with E-state index in [4.69, 9.17) is 4.74 Å². The van der Waals surface area contributed by atoms with Crippen LogP contribution in [0.1, 0.15) is 51.9 Å². The average molecular weight is 249 g/mol. The number of nitrogens with one attached hydrogen (secondary N) is 1. The van der Waals surface area contributed by atoms with Gasteiger partial charge in [0.05, 0.1) is 6.10 Å². The van der Waals surface area contributed by atoms with Crippen LogP contribution in [0.3, 0.4) is 0 Å². The number of allylic oxidation sites excluding steroid dienone is 2. The zero-order valence-electron chi connectivity index (χ0n) is 11.7. The van der Waals surface area contributed by atoms with Crippen LogP contribution in [0.5, 0.6) is 0 Å². The number of hydrogen-bond acceptors (Lipinski definition) is 2. The molecule has 3 aliphatic carbocycles. The molecule has 3 atom stereocenters. The molecule has 1 N–H and O–H groups in total. The molecule has 0 aromatic heterocycles. The van der Waals surface area contributed by atoms with Gasteiger partial charge in [0.25, 0.3) is 0 Å². The molecule has 0 aliphatic heterocycles. The van der Waals surface area contributed by atoms with E-state index in [1.54, 1.807) is 0 Å². The summed E-state index contributed by atoms with van der Waals surface area (Å²) in [5, 5.41) is 3.86. The molecule has 0 aromatic rings. The minimum absolute atomic E-state index is 0.528. The lowest BCUT2D eigenvalue weighted by atomic mass is 9.51. The van der Waals surface area contributed by atoms with Gasteiger partial charge in [0.1, 0.15) is 0 Å². The molecule has 3 unspecified atom stereocenters. The Morgan fingerprint density at radius 2 is 2.22 bits per heavy atom. The molecule has 0 bridgehead atoms. The summed E-state index contributed by atoms with van der Waals surface area (Å²) in [5.74, 6) is 0.873. The van der Waals surface area contributed by atoms with E-state index in [9.17, 15) is 0 Å². The van der Waals surface area contributed by atoms with Gasteiger partial charge < -0.3 is 10.1 Å². The molecule has 1 spiro atoms. The van der Waals surface area contributed by atoms with Crippen molar-refractivity contribution >= 4 is 0 Å². The van der Waals surface area contributed by atoms with Gasteiger partial charge >= 0.3 is 0 Å². The normalized spacial score (nSPS) is 37.3. The number of rotatable bonds is 5. The minimum atomic E-state index is 0.528. The Hall–Kier alpha value is -0.340. The van der Waals surface area contributed by atoms with E-state index < -0.39 is 0 Å². The van der Waals surface area contributed by atoms with Crippen molar-refractivity contribution in [3.05, 3.63) is 12.2 Å². The van der Waals surface area contributed by atoms with Gasteiger partial charge in [-0.05, 0) is 57.9 Å². The molecule has 3 aliphatic rings. The summed E-state index contributed by atoms with van der Waals surface area (Å²) in [6.45, 7) is 4.23. The van der Waals surface area contributed by atoms with Crippen LogP contribution in [0.4, 0.5) is 0 Å². The van der Waals surface area contributed by atoms with Crippen molar-refractivity contribution in [3.63, 3.8) is 0 Å². The van der Waals surface area contributed by atoms with Crippen LogP contribution in [0.15, 0.2) is 12.2 Å². The van der Waals surface area contributed by atoms with Crippen LogP contribution >= 0.6 is 0 Å². The molecular formula is C16H27NO. The summed E-state index contributed by atoms with van der Waals surface area (Å²) in [5.41, 5.74) is 0.528. The summed E-state index contributed by atoms with van der Waals surface area (Å²) < 4.78 is 5.91. The van der Waals surface area contributed by atoms with Crippen LogP contribution in [-0.4, -0.2) is 25.3 Å². The molecule has 18 heavy (non-hydrogen) atoms. The third-order valence-corrected chi connectivity index (χ3v) is 5.47. The maximum absolute atomic E-state index is 5.91. The molecular weight excluding hydrogens is 222 g/mol. The largest absolute Gasteiger partial charge is 0.378 e. The highest BCUT2D eigenvalue weighted by Crippen LogP contribution is 2.57. The van der Waals surface area contributed by atoms with Crippen molar-refractivity contribution in [2.75, 3.05) is 13.2 Å². The molecule has 0 aromatic carbocycles. The highest BCUT2D eigenvalue weighted by atomic mass is 16.5. The smallest absolute Gasteiger partial charge is 0.0661 e. The SMILES string of the molecule is CCOC1CC(NCC2CC=CCC2)C12CCC2. The van der Waals surface area contributed by atoms with Gasteiger partial charge in [-0.1, -0.05) is 18.6 Å². The Morgan fingerprint density at radius 3 is 2.83 bits per heavy atom. The topological polar surface area (TPSA) is 21.3 Å². The predicted octanol–water partition coefficient (Wildman–Crippen LogP) is 3.28. The maximum Gasteiger partial charge on any atom is 0.0661 e. The molecule has 3 rings (SSSR count). The van der Waals surface area contributed by atoms with Gasteiger partial charge in [-0.15, -0.1) is 0 Å². The van der Waals surface area contributed by atoms with Crippen molar-refractivity contribution in [2.24, 2.45) is 11.3 Å². The molecule has 2 heteroatoms. The van der Waals surface area contributed by atoms with Gasteiger partial charge in [-0.25, -0.2) is 0 Å². The van der Waals surface area contributed by atoms with Gasteiger partial charge in [0.15, 0.2) is 0 Å². The first-order chi connectivity index (χ1) is 8.85. The van der Waals surface area contributed by atoms with Crippen LogP contribution in [0, 0.1) is 11.3 Å². The molecule has 0 radical (unpaired) electrons. The lowest BCUT2D eigenvalue weighted by Crippen LogP contribution is -2.67. The van der Waals surface area contributed by atoms with Gasteiger partial charge in [-0.2, -0.15) is 0 Å². The highest BCUT2D eigenvalue weighted by Gasteiger charge is 2.58. The van der Waals surface area contributed by atoms with Crippen LogP contribution < -0.4 is 5.32 Å². The minimum Gasteiger partial charge on any atom is -0.378 e. The van der Waals surface area contributed by atoms with Crippen LogP contribution in [0.25, 0.3) is 0 Å². The average Bonchev–Trinajstić information content (AvgIpc) is 2.32.